The predicted octanol–water partition coefficient (Wildman–Crippen LogP) is 1.80. The molecule has 0 heterocycles. The molecule has 0 unspecified atom stereocenters. The highest BCUT2D eigenvalue weighted by Crippen LogP contribution is 2.16. The van der Waals surface area contributed by atoms with Crippen LogP contribution in [-0.4, -0.2) is 11.1 Å². The van der Waals surface area contributed by atoms with Crippen molar-refractivity contribution < 1.29 is 9.90 Å². The molecule has 1 aromatic rings. The van der Waals surface area contributed by atoms with E-state index in [1.54, 1.807) is 6.08 Å². The molecule has 1 atom stereocenters. The van der Waals surface area contributed by atoms with Crippen LogP contribution in [0, 0.1) is 0 Å². The maximum absolute atomic E-state index is 10.3. The number of carboxylic acid groups (broad SMARTS) is 1. The summed E-state index contributed by atoms with van der Waals surface area (Å²) in [5.74, 6) is -0.954. The van der Waals surface area contributed by atoms with Gasteiger partial charge in [-0.25, -0.2) is 4.79 Å². The summed E-state index contributed by atoms with van der Waals surface area (Å²) in [7, 11) is 0. The Hall–Kier alpha value is -1.61. The maximum atomic E-state index is 10.3. The highest BCUT2D eigenvalue weighted by molar-refractivity contribution is 5.85. The summed E-state index contributed by atoms with van der Waals surface area (Å²) in [6, 6.07) is 7.39. The Balaban J connectivity index is 3.01. The first-order valence-electron chi connectivity index (χ1n) is 4.37. The van der Waals surface area contributed by atoms with E-state index in [0.717, 1.165) is 17.2 Å². The third-order valence-corrected chi connectivity index (χ3v) is 1.89. The first kappa shape index (κ1) is 10.5. The molecule has 74 valence electrons. The van der Waals surface area contributed by atoms with Gasteiger partial charge < -0.3 is 10.8 Å². The second-order valence-corrected chi connectivity index (χ2v) is 3.09. The fourth-order valence-corrected chi connectivity index (χ4v) is 1.24. The number of hydrogen-bond donors (Lipinski definition) is 2. The van der Waals surface area contributed by atoms with Gasteiger partial charge in [0.15, 0.2) is 0 Å². The van der Waals surface area contributed by atoms with Crippen molar-refractivity contribution in [3.8, 4) is 0 Å². The van der Waals surface area contributed by atoms with Crippen LogP contribution in [0.25, 0.3) is 6.08 Å². The predicted molar refractivity (Wildman–Crippen MR) is 55.7 cm³/mol. The SMILES string of the molecule is C[C@H](N)c1ccccc1/C=C/C(=O)O. The number of nitrogens with two attached hydrogens (primary N) is 1. The number of rotatable bonds is 3. The Morgan fingerprint density at radius 1 is 1.50 bits per heavy atom. The fraction of sp³-hybridized carbons (Fsp3) is 0.182. The third-order valence-electron chi connectivity index (χ3n) is 1.89. The summed E-state index contributed by atoms with van der Waals surface area (Å²) in [5, 5.41) is 8.49. The fourth-order valence-electron chi connectivity index (χ4n) is 1.24. The van der Waals surface area contributed by atoms with Crippen molar-refractivity contribution in [1.82, 2.24) is 0 Å². The second-order valence-electron chi connectivity index (χ2n) is 3.09. The highest BCUT2D eigenvalue weighted by Gasteiger charge is 2.02. The molecule has 0 fully saturated rings. The van der Waals surface area contributed by atoms with Gasteiger partial charge in [-0.3, -0.25) is 0 Å². The Labute approximate surface area is 82.9 Å². The van der Waals surface area contributed by atoms with Crippen molar-refractivity contribution in [2.24, 2.45) is 5.73 Å². The lowest BCUT2D eigenvalue weighted by Gasteiger charge is -2.08. The molecule has 0 bridgehead atoms. The van der Waals surface area contributed by atoms with E-state index in [1.807, 2.05) is 31.2 Å². The van der Waals surface area contributed by atoms with Crippen molar-refractivity contribution in [2.45, 2.75) is 13.0 Å². The molecule has 0 radical (unpaired) electrons. The van der Waals surface area contributed by atoms with E-state index < -0.39 is 5.97 Å². The molecule has 0 amide bonds. The Bertz CT molecular complexity index is 356. The Kier molecular flexibility index (Phi) is 3.42. The molecule has 3 N–H and O–H groups in total. The first-order valence-corrected chi connectivity index (χ1v) is 4.37. The summed E-state index contributed by atoms with van der Waals surface area (Å²) in [5.41, 5.74) is 7.54. The van der Waals surface area contributed by atoms with Gasteiger partial charge in [0.1, 0.15) is 0 Å². The highest BCUT2D eigenvalue weighted by atomic mass is 16.4. The second kappa shape index (κ2) is 4.58. The van der Waals surface area contributed by atoms with E-state index >= 15 is 0 Å². The molecule has 1 rings (SSSR count). The maximum Gasteiger partial charge on any atom is 0.328 e. The van der Waals surface area contributed by atoms with Crippen LogP contribution in [0.15, 0.2) is 30.3 Å². The average Bonchev–Trinajstić information content (AvgIpc) is 2.15. The van der Waals surface area contributed by atoms with Gasteiger partial charge >= 0.3 is 5.97 Å². The van der Waals surface area contributed by atoms with Gasteiger partial charge in [0.05, 0.1) is 0 Å². The molecule has 0 saturated heterocycles. The summed E-state index contributed by atoms with van der Waals surface area (Å²) in [6.45, 7) is 1.87. The zero-order valence-corrected chi connectivity index (χ0v) is 7.97. The topological polar surface area (TPSA) is 63.3 Å². The lowest BCUT2D eigenvalue weighted by Crippen LogP contribution is -2.06. The van der Waals surface area contributed by atoms with Crippen LogP contribution in [0.2, 0.25) is 0 Å². The van der Waals surface area contributed by atoms with Crippen LogP contribution in [0.4, 0.5) is 0 Å². The van der Waals surface area contributed by atoms with Crippen LogP contribution in [0.3, 0.4) is 0 Å². The summed E-state index contributed by atoms with van der Waals surface area (Å²) in [4.78, 5) is 10.3. The van der Waals surface area contributed by atoms with Crippen molar-refractivity contribution in [1.29, 1.82) is 0 Å². The quantitative estimate of drug-likeness (QED) is 0.716. The molecule has 0 spiro atoms. The lowest BCUT2D eigenvalue weighted by atomic mass is 10.0. The first-order chi connectivity index (χ1) is 6.61. The Morgan fingerprint density at radius 2 is 2.14 bits per heavy atom. The van der Waals surface area contributed by atoms with Gasteiger partial charge in [0, 0.05) is 12.1 Å². The smallest absolute Gasteiger partial charge is 0.328 e. The standard InChI is InChI=1S/C11H13NO2/c1-8(12)10-5-3-2-4-9(10)6-7-11(13)14/h2-8H,12H2,1H3,(H,13,14)/b7-6+/t8-/m0/s1. The molecule has 0 aromatic heterocycles. The molecule has 3 heteroatoms. The summed E-state index contributed by atoms with van der Waals surface area (Å²) >= 11 is 0. The summed E-state index contributed by atoms with van der Waals surface area (Å²) in [6.07, 6.45) is 2.67. The van der Waals surface area contributed by atoms with E-state index in [9.17, 15) is 4.79 Å². The van der Waals surface area contributed by atoms with Crippen LogP contribution >= 0.6 is 0 Å². The van der Waals surface area contributed by atoms with Gasteiger partial charge in [0.2, 0.25) is 0 Å². The number of carboxylic acids is 1. The van der Waals surface area contributed by atoms with Crippen molar-refractivity contribution in [3.63, 3.8) is 0 Å². The molecule has 0 saturated carbocycles. The molecule has 3 nitrogen and oxygen atoms in total. The van der Waals surface area contributed by atoms with E-state index in [-0.39, 0.29) is 6.04 Å². The molecule has 14 heavy (non-hydrogen) atoms. The van der Waals surface area contributed by atoms with Crippen LogP contribution in [-0.2, 0) is 4.79 Å². The number of aliphatic carboxylic acids is 1. The lowest BCUT2D eigenvalue weighted by molar-refractivity contribution is -0.131. The van der Waals surface area contributed by atoms with E-state index in [1.165, 1.54) is 0 Å². The number of carbonyl (C=O) groups is 1. The molecule has 0 aliphatic rings. The van der Waals surface area contributed by atoms with Gasteiger partial charge in [-0.1, -0.05) is 24.3 Å². The third kappa shape index (κ3) is 2.71. The Morgan fingerprint density at radius 3 is 2.71 bits per heavy atom. The van der Waals surface area contributed by atoms with Gasteiger partial charge in [0.25, 0.3) is 0 Å². The van der Waals surface area contributed by atoms with E-state index in [2.05, 4.69) is 0 Å². The minimum Gasteiger partial charge on any atom is -0.478 e. The zero-order valence-electron chi connectivity index (χ0n) is 7.97. The van der Waals surface area contributed by atoms with Crippen molar-refractivity contribution in [2.75, 3.05) is 0 Å². The molecule has 0 aliphatic carbocycles. The zero-order chi connectivity index (χ0) is 10.6. The molecular formula is C11H13NO2. The van der Waals surface area contributed by atoms with Crippen molar-refractivity contribution >= 4 is 12.0 Å². The normalized spacial score (nSPS) is 13.0. The molecular weight excluding hydrogens is 178 g/mol. The largest absolute Gasteiger partial charge is 0.478 e. The molecule has 0 aliphatic heterocycles. The van der Waals surface area contributed by atoms with Gasteiger partial charge in [-0.15, -0.1) is 0 Å². The monoisotopic (exact) mass is 191 g/mol. The van der Waals surface area contributed by atoms with Gasteiger partial charge in [-0.05, 0) is 24.1 Å². The van der Waals surface area contributed by atoms with E-state index in [0.29, 0.717) is 0 Å². The van der Waals surface area contributed by atoms with Crippen molar-refractivity contribution in [3.05, 3.63) is 41.5 Å². The minimum atomic E-state index is -0.954. The van der Waals surface area contributed by atoms with Crippen LogP contribution < -0.4 is 5.73 Å². The van der Waals surface area contributed by atoms with Gasteiger partial charge in [-0.2, -0.15) is 0 Å². The van der Waals surface area contributed by atoms with E-state index in [4.69, 9.17) is 10.8 Å². The average molecular weight is 191 g/mol. The number of benzene rings is 1. The summed E-state index contributed by atoms with van der Waals surface area (Å²) < 4.78 is 0. The minimum absolute atomic E-state index is 0.0929. The van der Waals surface area contributed by atoms with Crippen LogP contribution in [0.5, 0.6) is 0 Å². The molecule has 1 aromatic carbocycles. The number of hydrogen-bond acceptors (Lipinski definition) is 2. The van der Waals surface area contributed by atoms with Crippen LogP contribution in [0.1, 0.15) is 24.1 Å².